The quantitative estimate of drug-likeness (QED) is 0.702. The van der Waals surface area contributed by atoms with E-state index < -0.39 is 0 Å². The zero-order chi connectivity index (χ0) is 14.2. The van der Waals surface area contributed by atoms with Crippen molar-refractivity contribution in [3.05, 3.63) is 66.4 Å². The van der Waals surface area contributed by atoms with Crippen LogP contribution in [0.3, 0.4) is 0 Å². The maximum absolute atomic E-state index is 4.69. The predicted molar refractivity (Wildman–Crippen MR) is 87.3 cm³/mol. The maximum Gasteiger partial charge on any atom is 0.148 e. The third-order valence-corrected chi connectivity index (χ3v) is 4.01. The van der Waals surface area contributed by atoms with E-state index in [1.165, 1.54) is 22.3 Å². The molecule has 1 aliphatic rings. The average molecular weight is 275 g/mol. The van der Waals surface area contributed by atoms with Gasteiger partial charge >= 0.3 is 0 Å². The summed E-state index contributed by atoms with van der Waals surface area (Å²) in [5, 5.41) is 1.25. The molecule has 1 aromatic heterocycles. The molecule has 3 nitrogen and oxygen atoms in total. The standard InChI is InChI=1S/C18H17N3/c1-20-12-11-19-18(20)17-13-14-7-5-6-10-16(14)21(17)15-8-3-2-4-9-15/h2-10,13H,11-12H2,1H3. The van der Waals surface area contributed by atoms with E-state index in [4.69, 9.17) is 4.99 Å². The molecule has 0 unspecified atom stereocenters. The third kappa shape index (κ3) is 1.93. The lowest BCUT2D eigenvalue weighted by Gasteiger charge is -2.16. The number of hydrogen-bond acceptors (Lipinski definition) is 2. The van der Waals surface area contributed by atoms with Crippen LogP contribution in [-0.4, -0.2) is 35.4 Å². The third-order valence-electron chi connectivity index (χ3n) is 4.01. The van der Waals surface area contributed by atoms with E-state index in [0.717, 1.165) is 18.9 Å². The van der Waals surface area contributed by atoms with Crippen LogP contribution in [-0.2, 0) is 0 Å². The SMILES string of the molecule is CN1CCN=C1c1cc2ccccc2n1-c1ccccc1. The molecule has 0 bridgehead atoms. The molecule has 0 radical (unpaired) electrons. The number of likely N-dealkylation sites (N-methyl/N-ethyl adjacent to an activating group) is 1. The van der Waals surface area contributed by atoms with Gasteiger partial charge in [-0.05, 0) is 24.3 Å². The van der Waals surface area contributed by atoms with Crippen LogP contribution < -0.4 is 0 Å². The highest BCUT2D eigenvalue weighted by atomic mass is 15.2. The molecule has 21 heavy (non-hydrogen) atoms. The van der Waals surface area contributed by atoms with Crippen LogP contribution in [0.15, 0.2) is 65.7 Å². The molecule has 2 heterocycles. The van der Waals surface area contributed by atoms with E-state index in [2.05, 4.69) is 71.1 Å². The number of para-hydroxylation sites is 2. The van der Waals surface area contributed by atoms with Crippen molar-refractivity contribution in [1.29, 1.82) is 0 Å². The largest absolute Gasteiger partial charge is 0.356 e. The summed E-state index contributed by atoms with van der Waals surface area (Å²) in [6.07, 6.45) is 0. The fraction of sp³-hybridized carbons (Fsp3) is 0.167. The Bertz CT molecular complexity index is 815. The molecule has 0 amide bonds. The highest BCUT2D eigenvalue weighted by Crippen LogP contribution is 2.26. The molecule has 0 aliphatic carbocycles. The number of benzene rings is 2. The normalized spacial score (nSPS) is 14.7. The van der Waals surface area contributed by atoms with Gasteiger partial charge in [0.15, 0.2) is 0 Å². The van der Waals surface area contributed by atoms with Crippen LogP contribution in [0.2, 0.25) is 0 Å². The van der Waals surface area contributed by atoms with Gasteiger partial charge in [-0.2, -0.15) is 0 Å². The second-order valence-corrected chi connectivity index (χ2v) is 5.39. The second kappa shape index (κ2) is 4.77. The van der Waals surface area contributed by atoms with Gasteiger partial charge in [0.25, 0.3) is 0 Å². The van der Waals surface area contributed by atoms with Crippen LogP contribution in [0.1, 0.15) is 5.69 Å². The zero-order valence-corrected chi connectivity index (χ0v) is 12.0. The first-order chi connectivity index (χ1) is 10.3. The Labute approximate surface area is 124 Å². The molecule has 2 aromatic carbocycles. The predicted octanol–water partition coefficient (Wildman–Crippen LogP) is 3.32. The Kier molecular flexibility index (Phi) is 2.78. The molecule has 0 fully saturated rings. The topological polar surface area (TPSA) is 20.5 Å². The summed E-state index contributed by atoms with van der Waals surface area (Å²) in [7, 11) is 2.11. The molecule has 3 heteroatoms. The highest BCUT2D eigenvalue weighted by molar-refractivity contribution is 6.03. The Morgan fingerprint density at radius 3 is 2.48 bits per heavy atom. The van der Waals surface area contributed by atoms with E-state index in [9.17, 15) is 0 Å². The summed E-state index contributed by atoms with van der Waals surface area (Å²) in [6.45, 7) is 1.87. The van der Waals surface area contributed by atoms with Gasteiger partial charge in [-0.15, -0.1) is 0 Å². The highest BCUT2D eigenvalue weighted by Gasteiger charge is 2.20. The van der Waals surface area contributed by atoms with E-state index >= 15 is 0 Å². The van der Waals surface area contributed by atoms with E-state index in [1.54, 1.807) is 0 Å². The van der Waals surface area contributed by atoms with Crippen LogP contribution in [0.4, 0.5) is 0 Å². The van der Waals surface area contributed by atoms with Crippen LogP contribution in [0, 0.1) is 0 Å². The summed E-state index contributed by atoms with van der Waals surface area (Å²) in [4.78, 5) is 6.92. The first kappa shape index (κ1) is 12.2. The van der Waals surface area contributed by atoms with Crippen molar-refractivity contribution in [1.82, 2.24) is 9.47 Å². The average Bonchev–Trinajstić information content (AvgIpc) is 3.11. The van der Waals surface area contributed by atoms with Gasteiger partial charge in [0.05, 0.1) is 17.8 Å². The van der Waals surface area contributed by atoms with Crippen LogP contribution in [0.5, 0.6) is 0 Å². The molecule has 0 saturated carbocycles. The number of fused-ring (bicyclic) bond motifs is 1. The van der Waals surface area contributed by atoms with Gasteiger partial charge in [-0.25, -0.2) is 0 Å². The zero-order valence-electron chi connectivity index (χ0n) is 12.0. The Balaban J connectivity index is 2.02. The van der Waals surface area contributed by atoms with Crippen molar-refractivity contribution in [2.75, 3.05) is 20.1 Å². The molecule has 0 atom stereocenters. The monoisotopic (exact) mass is 275 g/mol. The molecular formula is C18H17N3. The fourth-order valence-electron chi connectivity index (χ4n) is 2.98. The van der Waals surface area contributed by atoms with E-state index in [0.29, 0.717) is 0 Å². The molecule has 0 spiro atoms. The molecule has 4 rings (SSSR count). The first-order valence-electron chi connectivity index (χ1n) is 7.26. The molecule has 104 valence electrons. The van der Waals surface area contributed by atoms with Crippen molar-refractivity contribution in [3.8, 4) is 5.69 Å². The van der Waals surface area contributed by atoms with Crippen molar-refractivity contribution < 1.29 is 0 Å². The molecule has 3 aromatic rings. The summed E-state index contributed by atoms with van der Waals surface area (Å²) < 4.78 is 2.30. The van der Waals surface area contributed by atoms with Gasteiger partial charge in [0.2, 0.25) is 0 Å². The van der Waals surface area contributed by atoms with Crippen molar-refractivity contribution in [2.45, 2.75) is 0 Å². The van der Waals surface area contributed by atoms with Gasteiger partial charge in [-0.3, -0.25) is 4.99 Å². The molecule has 0 N–H and O–H groups in total. The van der Waals surface area contributed by atoms with E-state index in [1.807, 2.05) is 6.07 Å². The number of hydrogen-bond donors (Lipinski definition) is 0. The van der Waals surface area contributed by atoms with Gasteiger partial charge in [0.1, 0.15) is 5.84 Å². The smallest absolute Gasteiger partial charge is 0.148 e. The number of nitrogens with zero attached hydrogens (tertiary/aromatic N) is 3. The van der Waals surface area contributed by atoms with Gasteiger partial charge in [0, 0.05) is 24.7 Å². The van der Waals surface area contributed by atoms with Crippen LogP contribution >= 0.6 is 0 Å². The summed E-state index contributed by atoms with van der Waals surface area (Å²) in [5.41, 5.74) is 3.57. The fourth-order valence-corrected chi connectivity index (χ4v) is 2.98. The van der Waals surface area contributed by atoms with Crippen molar-refractivity contribution in [3.63, 3.8) is 0 Å². The Hall–Kier alpha value is -2.55. The number of rotatable bonds is 2. The Morgan fingerprint density at radius 1 is 0.952 bits per heavy atom. The van der Waals surface area contributed by atoms with Gasteiger partial charge < -0.3 is 9.47 Å². The maximum atomic E-state index is 4.69. The Morgan fingerprint density at radius 2 is 1.71 bits per heavy atom. The lowest BCUT2D eigenvalue weighted by Crippen LogP contribution is -2.25. The first-order valence-corrected chi connectivity index (χ1v) is 7.26. The van der Waals surface area contributed by atoms with Crippen LogP contribution in [0.25, 0.3) is 16.6 Å². The minimum atomic E-state index is 0.877. The summed E-state index contributed by atoms with van der Waals surface area (Å²) in [6, 6.07) is 21.2. The molecular weight excluding hydrogens is 258 g/mol. The number of aromatic nitrogens is 1. The van der Waals surface area contributed by atoms with Gasteiger partial charge in [-0.1, -0.05) is 36.4 Å². The second-order valence-electron chi connectivity index (χ2n) is 5.39. The summed E-state index contributed by atoms with van der Waals surface area (Å²) >= 11 is 0. The molecule has 0 saturated heterocycles. The summed E-state index contributed by atoms with van der Waals surface area (Å²) in [5.74, 6) is 1.08. The van der Waals surface area contributed by atoms with Crippen molar-refractivity contribution in [2.24, 2.45) is 4.99 Å². The molecule has 1 aliphatic heterocycles. The van der Waals surface area contributed by atoms with Crippen molar-refractivity contribution >= 4 is 16.7 Å². The lowest BCUT2D eigenvalue weighted by molar-refractivity contribution is 0.555. The number of aliphatic imine (C=N–C) groups is 1. The lowest BCUT2D eigenvalue weighted by atomic mass is 10.2. The number of amidine groups is 1. The van der Waals surface area contributed by atoms with E-state index in [-0.39, 0.29) is 0 Å². The minimum Gasteiger partial charge on any atom is -0.356 e. The minimum absolute atomic E-state index is 0.877.